The van der Waals surface area contributed by atoms with Gasteiger partial charge in [-0.15, -0.1) is 0 Å². The van der Waals surface area contributed by atoms with E-state index in [0.717, 1.165) is 22.5 Å². The van der Waals surface area contributed by atoms with E-state index in [1.54, 1.807) is 6.07 Å². The second-order valence-electron chi connectivity index (χ2n) is 4.07. The van der Waals surface area contributed by atoms with Gasteiger partial charge in [0.25, 0.3) is 0 Å². The van der Waals surface area contributed by atoms with Crippen LogP contribution in [0.25, 0.3) is 10.8 Å². The zero-order chi connectivity index (χ0) is 13.8. The lowest BCUT2D eigenvalue weighted by molar-refractivity contribution is -0.137. The first-order valence-corrected chi connectivity index (χ1v) is 6.71. The number of rotatable bonds is 4. The highest BCUT2D eigenvalue weighted by molar-refractivity contribution is 8.14. The number of carbonyl (C=O) groups excluding carboxylic acids is 1. The van der Waals surface area contributed by atoms with Gasteiger partial charge in [0.1, 0.15) is 6.04 Å². The molecule has 0 spiro atoms. The van der Waals surface area contributed by atoms with E-state index in [-0.39, 0.29) is 10.9 Å². The minimum Gasteiger partial charge on any atom is -0.480 e. The fraction of sp³-hybridized carbons (Fsp3) is 0.143. The van der Waals surface area contributed by atoms with Crippen LogP contribution in [-0.2, 0) is 4.79 Å². The maximum Gasteiger partial charge on any atom is 0.321 e. The maximum absolute atomic E-state index is 12.1. The van der Waals surface area contributed by atoms with E-state index < -0.39 is 12.0 Å². The van der Waals surface area contributed by atoms with Crippen molar-refractivity contribution < 1.29 is 14.7 Å². The number of carboxylic acids is 1. The number of hydrogen-bond donors (Lipinski definition) is 2. The van der Waals surface area contributed by atoms with Crippen LogP contribution in [-0.4, -0.2) is 28.0 Å². The molecule has 0 radical (unpaired) electrons. The second-order valence-corrected chi connectivity index (χ2v) is 5.06. The fourth-order valence-electron chi connectivity index (χ4n) is 1.72. The van der Waals surface area contributed by atoms with E-state index >= 15 is 0 Å². The summed E-state index contributed by atoms with van der Waals surface area (Å²) in [7, 11) is 0. The first-order valence-electron chi connectivity index (χ1n) is 5.73. The lowest BCUT2D eigenvalue weighted by Crippen LogP contribution is -2.32. The van der Waals surface area contributed by atoms with Crippen molar-refractivity contribution >= 4 is 33.6 Å². The minimum absolute atomic E-state index is 0.0669. The van der Waals surface area contributed by atoms with Crippen LogP contribution in [0.2, 0.25) is 0 Å². The van der Waals surface area contributed by atoms with Crippen molar-refractivity contribution in [3.63, 3.8) is 0 Å². The number of carboxylic acid groups (broad SMARTS) is 1. The van der Waals surface area contributed by atoms with Crippen molar-refractivity contribution in [2.45, 2.75) is 6.04 Å². The molecule has 0 amide bonds. The van der Waals surface area contributed by atoms with E-state index in [4.69, 9.17) is 10.8 Å². The number of aliphatic carboxylic acids is 1. The Bertz CT molecular complexity index is 622. The zero-order valence-electron chi connectivity index (χ0n) is 10.1. The molecule has 1 atom stereocenters. The van der Waals surface area contributed by atoms with Gasteiger partial charge in [0.15, 0.2) is 0 Å². The Morgan fingerprint density at radius 2 is 1.84 bits per heavy atom. The molecule has 4 nitrogen and oxygen atoms in total. The molecular formula is C14H13NO3S. The average Bonchev–Trinajstić information content (AvgIpc) is 2.43. The van der Waals surface area contributed by atoms with Gasteiger partial charge >= 0.3 is 5.97 Å². The molecule has 0 aliphatic carbocycles. The summed E-state index contributed by atoms with van der Waals surface area (Å²) in [5.41, 5.74) is 5.97. The van der Waals surface area contributed by atoms with E-state index in [1.807, 2.05) is 36.4 Å². The monoisotopic (exact) mass is 275 g/mol. The molecule has 0 aliphatic rings. The molecule has 19 heavy (non-hydrogen) atoms. The Hall–Kier alpha value is -1.85. The predicted molar refractivity (Wildman–Crippen MR) is 76.3 cm³/mol. The predicted octanol–water partition coefficient (Wildman–Crippen LogP) is 2.13. The number of benzene rings is 2. The van der Waals surface area contributed by atoms with E-state index in [0.29, 0.717) is 5.56 Å². The molecule has 2 rings (SSSR count). The van der Waals surface area contributed by atoms with Crippen molar-refractivity contribution in [1.29, 1.82) is 0 Å². The van der Waals surface area contributed by atoms with Crippen LogP contribution in [0.5, 0.6) is 0 Å². The van der Waals surface area contributed by atoms with Crippen LogP contribution in [0.3, 0.4) is 0 Å². The van der Waals surface area contributed by atoms with Crippen molar-refractivity contribution in [3.05, 3.63) is 48.0 Å². The van der Waals surface area contributed by atoms with Crippen LogP contribution >= 0.6 is 11.8 Å². The topological polar surface area (TPSA) is 80.4 Å². The second kappa shape index (κ2) is 5.86. The average molecular weight is 275 g/mol. The molecule has 5 heteroatoms. The highest BCUT2D eigenvalue weighted by atomic mass is 32.2. The van der Waals surface area contributed by atoms with Gasteiger partial charge in [-0.05, 0) is 16.8 Å². The smallest absolute Gasteiger partial charge is 0.321 e. The quantitative estimate of drug-likeness (QED) is 0.893. The van der Waals surface area contributed by atoms with Crippen LogP contribution in [0.15, 0.2) is 42.5 Å². The molecule has 98 valence electrons. The SMILES string of the molecule is NC(CSC(=O)c1cccc2ccccc12)C(=O)O. The van der Waals surface area contributed by atoms with Gasteiger partial charge in [-0.1, -0.05) is 48.2 Å². The van der Waals surface area contributed by atoms with Crippen molar-refractivity contribution in [2.24, 2.45) is 5.73 Å². The van der Waals surface area contributed by atoms with Crippen LogP contribution < -0.4 is 5.73 Å². The normalized spacial score (nSPS) is 12.3. The zero-order valence-corrected chi connectivity index (χ0v) is 10.9. The standard InChI is InChI=1S/C14H13NO3S/c15-12(13(16)17)8-19-14(18)11-7-3-5-9-4-1-2-6-10(9)11/h1-7,12H,8,15H2,(H,16,17). The van der Waals surface area contributed by atoms with Gasteiger partial charge in [-0.3, -0.25) is 9.59 Å². The summed E-state index contributed by atoms with van der Waals surface area (Å²) in [6.45, 7) is 0. The number of carbonyl (C=O) groups is 2. The fourth-order valence-corrected chi connectivity index (χ4v) is 2.52. The van der Waals surface area contributed by atoms with Gasteiger partial charge in [-0.2, -0.15) is 0 Å². The number of nitrogens with two attached hydrogens (primary N) is 1. The Morgan fingerprint density at radius 3 is 2.58 bits per heavy atom. The molecule has 0 saturated heterocycles. The lowest BCUT2D eigenvalue weighted by Gasteiger charge is -2.07. The third-order valence-corrected chi connectivity index (χ3v) is 3.73. The summed E-state index contributed by atoms with van der Waals surface area (Å²) in [6.07, 6.45) is 0. The molecule has 0 aromatic heterocycles. The number of hydrogen-bond acceptors (Lipinski definition) is 4. The van der Waals surface area contributed by atoms with Crippen LogP contribution in [0.4, 0.5) is 0 Å². The largest absolute Gasteiger partial charge is 0.480 e. The Balaban J connectivity index is 2.20. The summed E-state index contributed by atoms with van der Waals surface area (Å²) in [5, 5.41) is 10.4. The van der Waals surface area contributed by atoms with E-state index in [9.17, 15) is 9.59 Å². The van der Waals surface area contributed by atoms with Crippen molar-refractivity contribution in [2.75, 3.05) is 5.75 Å². The molecule has 2 aromatic rings. The highest BCUT2D eigenvalue weighted by Gasteiger charge is 2.16. The van der Waals surface area contributed by atoms with E-state index in [2.05, 4.69) is 0 Å². The van der Waals surface area contributed by atoms with Gasteiger partial charge in [0.2, 0.25) is 5.12 Å². The summed E-state index contributed by atoms with van der Waals surface area (Å²) >= 11 is 0.936. The van der Waals surface area contributed by atoms with E-state index in [1.165, 1.54) is 0 Å². The summed E-state index contributed by atoms with van der Waals surface area (Å²) in [5.74, 6) is -1.03. The highest BCUT2D eigenvalue weighted by Crippen LogP contribution is 2.22. The Labute approximate surface area is 114 Å². The molecule has 0 bridgehead atoms. The lowest BCUT2D eigenvalue weighted by atomic mass is 10.1. The van der Waals surface area contributed by atoms with Crippen molar-refractivity contribution in [3.8, 4) is 0 Å². The number of fused-ring (bicyclic) bond motifs is 1. The Morgan fingerprint density at radius 1 is 1.16 bits per heavy atom. The van der Waals surface area contributed by atoms with Gasteiger partial charge in [0.05, 0.1) is 0 Å². The Kier molecular flexibility index (Phi) is 4.19. The number of thioether (sulfide) groups is 1. The van der Waals surface area contributed by atoms with Gasteiger partial charge < -0.3 is 10.8 Å². The molecule has 0 heterocycles. The molecule has 0 saturated carbocycles. The summed E-state index contributed by atoms with van der Waals surface area (Å²) in [4.78, 5) is 22.7. The molecule has 3 N–H and O–H groups in total. The molecular weight excluding hydrogens is 262 g/mol. The third-order valence-electron chi connectivity index (χ3n) is 2.72. The maximum atomic E-state index is 12.1. The van der Waals surface area contributed by atoms with Gasteiger partial charge in [0, 0.05) is 11.3 Å². The first-order chi connectivity index (χ1) is 9.09. The van der Waals surface area contributed by atoms with Gasteiger partial charge in [-0.25, -0.2) is 0 Å². The molecule has 1 unspecified atom stereocenters. The molecule has 2 aromatic carbocycles. The minimum atomic E-state index is -1.10. The van der Waals surface area contributed by atoms with Crippen LogP contribution in [0.1, 0.15) is 10.4 Å². The summed E-state index contributed by atoms with van der Waals surface area (Å²) in [6, 6.07) is 12.0. The third kappa shape index (κ3) is 3.13. The van der Waals surface area contributed by atoms with Crippen LogP contribution in [0, 0.1) is 0 Å². The van der Waals surface area contributed by atoms with Crippen molar-refractivity contribution in [1.82, 2.24) is 0 Å². The molecule has 0 aliphatic heterocycles. The molecule has 0 fully saturated rings. The summed E-state index contributed by atoms with van der Waals surface area (Å²) < 4.78 is 0. The first kappa shape index (κ1) is 13.6.